The van der Waals surface area contributed by atoms with Crippen molar-refractivity contribution in [3.05, 3.63) is 65.2 Å². The highest BCUT2D eigenvalue weighted by atomic mass is 16.5. The van der Waals surface area contributed by atoms with Crippen LogP contribution in [0.1, 0.15) is 56.1 Å². The summed E-state index contributed by atoms with van der Waals surface area (Å²) in [6, 6.07) is 12.5. The van der Waals surface area contributed by atoms with Crippen molar-refractivity contribution in [2.75, 3.05) is 4.90 Å². The van der Waals surface area contributed by atoms with Gasteiger partial charge in [-0.3, -0.25) is 19.3 Å². The van der Waals surface area contributed by atoms with Crippen LogP contribution in [0.25, 0.3) is 5.57 Å². The summed E-state index contributed by atoms with van der Waals surface area (Å²) in [7, 11) is 0. The Labute approximate surface area is 176 Å². The maximum Gasteiger partial charge on any atom is 0.308 e. The molecule has 3 rings (SSSR count). The van der Waals surface area contributed by atoms with Gasteiger partial charge in [-0.1, -0.05) is 24.3 Å². The molecule has 1 aliphatic heterocycles. The smallest absolute Gasteiger partial charge is 0.308 e. The third-order valence-electron chi connectivity index (χ3n) is 4.90. The summed E-state index contributed by atoms with van der Waals surface area (Å²) in [5.74, 6) is -0.768. The van der Waals surface area contributed by atoms with Crippen molar-refractivity contribution in [2.24, 2.45) is 0 Å². The number of hydrogen-bond donors (Lipinski definition) is 0. The van der Waals surface area contributed by atoms with E-state index in [1.165, 1.54) is 13.8 Å². The van der Waals surface area contributed by atoms with Gasteiger partial charge in [0.25, 0.3) is 5.91 Å². The first-order valence-electron chi connectivity index (χ1n) is 9.68. The van der Waals surface area contributed by atoms with E-state index < -0.39 is 17.5 Å². The highest BCUT2D eigenvalue weighted by Gasteiger charge is 2.37. The van der Waals surface area contributed by atoms with Gasteiger partial charge in [-0.15, -0.1) is 0 Å². The number of carbonyl (C=O) groups excluding carboxylic acids is 3. The Morgan fingerprint density at radius 2 is 1.67 bits per heavy atom. The molecule has 156 valence electrons. The number of ether oxygens (including phenoxy) is 2. The summed E-state index contributed by atoms with van der Waals surface area (Å²) in [4.78, 5) is 38.1. The Morgan fingerprint density at radius 1 is 1.00 bits per heavy atom. The number of hydrogen-bond acceptors (Lipinski definition) is 5. The number of benzene rings is 2. The van der Waals surface area contributed by atoms with Crippen molar-refractivity contribution in [1.82, 2.24) is 0 Å². The Balaban J connectivity index is 2.18. The van der Waals surface area contributed by atoms with E-state index in [-0.39, 0.29) is 12.5 Å². The first-order chi connectivity index (χ1) is 14.1. The number of amides is 1. The highest BCUT2D eigenvalue weighted by Crippen LogP contribution is 2.43. The van der Waals surface area contributed by atoms with E-state index in [1.54, 1.807) is 29.2 Å². The molecule has 1 heterocycles. The Hall–Kier alpha value is -3.41. The van der Waals surface area contributed by atoms with Gasteiger partial charge in [-0.2, -0.15) is 0 Å². The fraction of sp³-hybridized carbons (Fsp3) is 0.292. The molecule has 0 N–H and O–H groups in total. The quantitative estimate of drug-likeness (QED) is 0.550. The van der Waals surface area contributed by atoms with Crippen molar-refractivity contribution in [1.29, 1.82) is 0 Å². The number of esters is 2. The number of fused-ring (bicyclic) bond motifs is 1. The molecule has 30 heavy (non-hydrogen) atoms. The van der Waals surface area contributed by atoms with Crippen molar-refractivity contribution in [3.63, 3.8) is 0 Å². The van der Waals surface area contributed by atoms with E-state index in [2.05, 4.69) is 0 Å². The number of carbonyl (C=O) groups is 3. The Bertz CT molecular complexity index is 1040. The highest BCUT2D eigenvalue weighted by molar-refractivity contribution is 6.10. The molecule has 6 nitrogen and oxygen atoms in total. The molecule has 0 spiro atoms. The van der Waals surface area contributed by atoms with Gasteiger partial charge in [-0.05, 0) is 50.6 Å². The second kappa shape index (κ2) is 8.14. The van der Waals surface area contributed by atoms with Gasteiger partial charge >= 0.3 is 11.9 Å². The minimum atomic E-state index is -0.592. The lowest BCUT2D eigenvalue weighted by molar-refractivity contribution is -0.142. The average molecular weight is 407 g/mol. The van der Waals surface area contributed by atoms with Crippen LogP contribution >= 0.6 is 0 Å². The molecule has 0 aromatic heterocycles. The van der Waals surface area contributed by atoms with Crippen molar-refractivity contribution >= 4 is 29.1 Å². The number of rotatable bonds is 4. The van der Waals surface area contributed by atoms with Crippen LogP contribution in [-0.2, 0) is 20.9 Å². The summed E-state index contributed by atoms with van der Waals surface area (Å²) in [5, 5.41) is 0. The maximum absolute atomic E-state index is 13.5. The van der Waals surface area contributed by atoms with E-state index in [9.17, 15) is 14.4 Å². The van der Waals surface area contributed by atoms with Gasteiger partial charge in [0, 0.05) is 30.5 Å². The predicted octanol–water partition coefficient (Wildman–Crippen LogP) is 4.52. The van der Waals surface area contributed by atoms with E-state index in [1.807, 2.05) is 45.0 Å². The van der Waals surface area contributed by atoms with Crippen LogP contribution in [-0.4, -0.2) is 23.4 Å². The van der Waals surface area contributed by atoms with Crippen LogP contribution in [0.5, 0.6) is 5.75 Å². The van der Waals surface area contributed by atoms with Gasteiger partial charge in [0.15, 0.2) is 0 Å². The topological polar surface area (TPSA) is 72.9 Å². The zero-order valence-corrected chi connectivity index (χ0v) is 17.8. The van der Waals surface area contributed by atoms with Gasteiger partial charge in [0.05, 0.1) is 11.2 Å². The second-order valence-electron chi connectivity index (χ2n) is 7.84. The van der Waals surface area contributed by atoms with Crippen LogP contribution < -0.4 is 9.64 Å². The van der Waals surface area contributed by atoms with Gasteiger partial charge in [-0.25, -0.2) is 0 Å². The molecule has 0 saturated carbocycles. The summed E-state index contributed by atoms with van der Waals surface area (Å²) in [5.41, 5.74) is 2.89. The maximum atomic E-state index is 13.5. The zero-order valence-electron chi connectivity index (χ0n) is 17.8. The van der Waals surface area contributed by atoms with Crippen molar-refractivity contribution in [2.45, 2.75) is 46.8 Å². The van der Waals surface area contributed by atoms with Crippen LogP contribution in [0.4, 0.5) is 5.69 Å². The van der Waals surface area contributed by atoms with Crippen molar-refractivity contribution < 1.29 is 23.9 Å². The summed E-state index contributed by atoms with van der Waals surface area (Å²) in [6.45, 7) is 8.44. The van der Waals surface area contributed by atoms with Gasteiger partial charge in [0.2, 0.25) is 0 Å². The molecule has 0 aliphatic carbocycles. The molecule has 6 heteroatoms. The van der Waals surface area contributed by atoms with Crippen LogP contribution in [0, 0.1) is 0 Å². The summed E-state index contributed by atoms with van der Waals surface area (Å²) in [6.07, 6.45) is 2.01. The van der Waals surface area contributed by atoms with E-state index >= 15 is 0 Å². The normalized spacial score (nSPS) is 14.4. The molecule has 2 aromatic carbocycles. The lowest BCUT2D eigenvalue weighted by Crippen LogP contribution is -2.49. The minimum absolute atomic E-state index is 0.0677. The van der Waals surface area contributed by atoms with E-state index in [0.29, 0.717) is 22.6 Å². The molecule has 1 amide bonds. The standard InChI is InChI=1S/C24H25NO5/c1-15-13-24(4,5)25(23(28)18-9-7-6-8-10-18)21-11-19(14-29-16(2)26)22(12-20(15)21)30-17(3)27/h6-13H,14H2,1-5H3. The number of nitrogens with zero attached hydrogens (tertiary/aromatic N) is 1. The first-order valence-corrected chi connectivity index (χ1v) is 9.68. The SMILES string of the molecule is CC(=O)OCc1cc2c(cc1OC(C)=O)C(C)=CC(C)(C)N2C(=O)c1ccccc1. The lowest BCUT2D eigenvalue weighted by atomic mass is 9.87. The largest absolute Gasteiger partial charge is 0.461 e. The lowest BCUT2D eigenvalue weighted by Gasteiger charge is -2.42. The molecule has 0 saturated heterocycles. The summed E-state index contributed by atoms with van der Waals surface area (Å²) < 4.78 is 10.5. The Morgan fingerprint density at radius 3 is 2.27 bits per heavy atom. The van der Waals surface area contributed by atoms with Gasteiger partial charge in [0.1, 0.15) is 12.4 Å². The van der Waals surface area contributed by atoms with E-state index in [0.717, 1.165) is 11.1 Å². The van der Waals surface area contributed by atoms with Crippen LogP contribution in [0.2, 0.25) is 0 Å². The Kier molecular flexibility index (Phi) is 5.78. The zero-order chi connectivity index (χ0) is 22.1. The molecular formula is C24H25NO5. The third-order valence-corrected chi connectivity index (χ3v) is 4.90. The number of allylic oxidation sites excluding steroid dienone is 1. The van der Waals surface area contributed by atoms with Crippen molar-refractivity contribution in [3.8, 4) is 5.75 Å². The molecule has 2 aromatic rings. The van der Waals surface area contributed by atoms with Crippen LogP contribution in [0.15, 0.2) is 48.5 Å². The first kappa shape index (κ1) is 21.3. The number of anilines is 1. The third kappa shape index (κ3) is 4.27. The van der Waals surface area contributed by atoms with Gasteiger partial charge < -0.3 is 9.47 Å². The fourth-order valence-electron chi connectivity index (χ4n) is 3.72. The fourth-order valence-corrected chi connectivity index (χ4v) is 3.72. The molecule has 1 aliphatic rings. The van der Waals surface area contributed by atoms with E-state index in [4.69, 9.17) is 9.47 Å². The van der Waals surface area contributed by atoms with Crippen LogP contribution in [0.3, 0.4) is 0 Å². The predicted molar refractivity (Wildman–Crippen MR) is 114 cm³/mol. The molecule has 0 radical (unpaired) electrons. The molecule has 0 fully saturated rings. The minimum Gasteiger partial charge on any atom is -0.461 e. The molecule has 0 unspecified atom stereocenters. The average Bonchev–Trinajstić information content (AvgIpc) is 2.66. The molecule has 0 bridgehead atoms. The molecular weight excluding hydrogens is 382 g/mol. The second-order valence-corrected chi connectivity index (χ2v) is 7.84. The molecule has 0 atom stereocenters. The monoisotopic (exact) mass is 407 g/mol. The summed E-state index contributed by atoms with van der Waals surface area (Å²) >= 11 is 0.